The summed E-state index contributed by atoms with van der Waals surface area (Å²) in [6.07, 6.45) is 1.85. The van der Waals surface area contributed by atoms with Gasteiger partial charge in [-0.25, -0.2) is 4.39 Å². The van der Waals surface area contributed by atoms with E-state index in [0.717, 1.165) is 16.8 Å². The Bertz CT molecular complexity index is 573. The van der Waals surface area contributed by atoms with Crippen molar-refractivity contribution < 1.29 is 4.39 Å². The molecule has 1 aromatic heterocycles. The van der Waals surface area contributed by atoms with Crippen molar-refractivity contribution in [2.24, 2.45) is 7.05 Å². The molecule has 0 saturated heterocycles. The molecule has 0 amide bonds. The summed E-state index contributed by atoms with van der Waals surface area (Å²) in [6.45, 7) is 6.72. The van der Waals surface area contributed by atoms with Gasteiger partial charge in [0.2, 0.25) is 0 Å². The Hall–Kier alpha value is -1.68. The van der Waals surface area contributed by atoms with E-state index in [2.05, 4.69) is 24.3 Å². The van der Waals surface area contributed by atoms with Crippen molar-refractivity contribution in [3.63, 3.8) is 0 Å². The van der Waals surface area contributed by atoms with Crippen molar-refractivity contribution >= 4 is 0 Å². The zero-order valence-electron chi connectivity index (χ0n) is 11.9. The highest BCUT2D eigenvalue weighted by Gasteiger charge is 2.11. The molecule has 0 saturated carbocycles. The van der Waals surface area contributed by atoms with Crippen LogP contribution in [0.25, 0.3) is 11.1 Å². The highest BCUT2D eigenvalue weighted by molar-refractivity contribution is 5.66. The van der Waals surface area contributed by atoms with E-state index in [1.165, 1.54) is 0 Å². The van der Waals surface area contributed by atoms with E-state index in [-0.39, 0.29) is 5.82 Å². The number of nitrogens with zero attached hydrogens (tertiary/aromatic N) is 2. The monoisotopic (exact) mass is 261 g/mol. The van der Waals surface area contributed by atoms with E-state index in [1.54, 1.807) is 10.7 Å². The molecular formula is C15H20FN3. The summed E-state index contributed by atoms with van der Waals surface area (Å²) in [6, 6.07) is 5.77. The molecule has 1 aromatic carbocycles. The van der Waals surface area contributed by atoms with Crippen molar-refractivity contribution in [2.45, 2.75) is 33.4 Å². The average molecular weight is 261 g/mol. The smallest absolute Gasteiger partial charge is 0.131 e. The molecule has 0 unspecified atom stereocenters. The first-order valence-corrected chi connectivity index (χ1v) is 6.50. The van der Waals surface area contributed by atoms with Crippen LogP contribution in [0.4, 0.5) is 4.39 Å². The fraction of sp³-hybridized carbons (Fsp3) is 0.400. The lowest BCUT2D eigenvalue weighted by Crippen LogP contribution is -2.21. The topological polar surface area (TPSA) is 29.9 Å². The standard InChI is InChI=1S/C15H20FN3/c1-10(2)17-8-12-5-6-13(15(16)7-12)14-9-19(4)18-11(14)3/h5-7,9-10,17H,8H2,1-4H3. The van der Waals surface area contributed by atoms with Crippen molar-refractivity contribution in [3.05, 3.63) is 41.5 Å². The maximum Gasteiger partial charge on any atom is 0.131 e. The largest absolute Gasteiger partial charge is 0.310 e. The number of halogens is 1. The number of hydrogen-bond donors (Lipinski definition) is 1. The van der Waals surface area contributed by atoms with Crippen LogP contribution in [-0.4, -0.2) is 15.8 Å². The van der Waals surface area contributed by atoms with E-state index < -0.39 is 0 Å². The summed E-state index contributed by atoms with van der Waals surface area (Å²) in [5, 5.41) is 7.53. The average Bonchev–Trinajstić information content (AvgIpc) is 2.66. The number of benzene rings is 1. The van der Waals surface area contributed by atoms with Gasteiger partial charge in [-0.3, -0.25) is 4.68 Å². The lowest BCUT2D eigenvalue weighted by atomic mass is 10.0. The second kappa shape index (κ2) is 5.53. The van der Waals surface area contributed by atoms with Crippen LogP contribution in [0.5, 0.6) is 0 Å². The second-order valence-corrected chi connectivity index (χ2v) is 5.15. The molecule has 102 valence electrons. The van der Waals surface area contributed by atoms with E-state index in [1.807, 2.05) is 32.3 Å². The van der Waals surface area contributed by atoms with Crippen molar-refractivity contribution in [1.82, 2.24) is 15.1 Å². The van der Waals surface area contributed by atoms with E-state index in [0.29, 0.717) is 18.2 Å². The van der Waals surface area contributed by atoms with Crippen LogP contribution in [0.2, 0.25) is 0 Å². The van der Waals surface area contributed by atoms with Gasteiger partial charge < -0.3 is 5.32 Å². The Morgan fingerprint density at radius 2 is 2.05 bits per heavy atom. The lowest BCUT2D eigenvalue weighted by Gasteiger charge is -2.09. The summed E-state index contributed by atoms with van der Waals surface area (Å²) in [5.41, 5.74) is 3.26. The molecule has 0 aliphatic heterocycles. The Morgan fingerprint density at radius 1 is 1.32 bits per heavy atom. The van der Waals surface area contributed by atoms with Gasteiger partial charge in [-0.1, -0.05) is 26.0 Å². The molecule has 0 radical (unpaired) electrons. The van der Waals surface area contributed by atoms with Crippen molar-refractivity contribution in [1.29, 1.82) is 0 Å². The predicted octanol–water partition coefficient (Wildman–Crippen LogP) is 3.03. The van der Waals surface area contributed by atoms with Gasteiger partial charge in [-0.15, -0.1) is 0 Å². The van der Waals surface area contributed by atoms with Crippen LogP contribution in [0, 0.1) is 12.7 Å². The zero-order valence-corrected chi connectivity index (χ0v) is 11.9. The number of nitrogens with one attached hydrogen (secondary N) is 1. The molecule has 0 aliphatic carbocycles. The Morgan fingerprint density at radius 3 is 2.58 bits per heavy atom. The highest BCUT2D eigenvalue weighted by Crippen LogP contribution is 2.26. The van der Waals surface area contributed by atoms with Gasteiger partial charge in [0.25, 0.3) is 0 Å². The maximum atomic E-state index is 14.2. The quantitative estimate of drug-likeness (QED) is 0.916. The molecule has 2 aromatic rings. The molecule has 4 heteroatoms. The van der Waals surface area contributed by atoms with Gasteiger partial charge in [0.15, 0.2) is 0 Å². The van der Waals surface area contributed by atoms with Crippen LogP contribution >= 0.6 is 0 Å². The van der Waals surface area contributed by atoms with Gasteiger partial charge in [0.05, 0.1) is 5.69 Å². The predicted molar refractivity (Wildman–Crippen MR) is 75.3 cm³/mol. The van der Waals surface area contributed by atoms with Gasteiger partial charge in [-0.05, 0) is 18.6 Å². The number of aromatic nitrogens is 2. The minimum atomic E-state index is -0.195. The molecule has 2 rings (SSSR count). The van der Waals surface area contributed by atoms with Crippen molar-refractivity contribution in [2.75, 3.05) is 0 Å². The van der Waals surface area contributed by atoms with Gasteiger partial charge >= 0.3 is 0 Å². The second-order valence-electron chi connectivity index (χ2n) is 5.15. The Balaban J connectivity index is 2.27. The molecule has 0 fully saturated rings. The molecule has 0 spiro atoms. The molecule has 1 heterocycles. The van der Waals surface area contributed by atoms with E-state index in [9.17, 15) is 4.39 Å². The first kappa shape index (κ1) is 13.7. The molecule has 19 heavy (non-hydrogen) atoms. The Kier molecular flexibility index (Phi) is 4.00. The summed E-state index contributed by atoms with van der Waals surface area (Å²) in [4.78, 5) is 0. The zero-order chi connectivity index (χ0) is 14.0. The molecule has 1 N–H and O–H groups in total. The van der Waals surface area contributed by atoms with Crippen LogP contribution in [0.3, 0.4) is 0 Å². The third-order valence-corrected chi connectivity index (χ3v) is 3.05. The van der Waals surface area contributed by atoms with Crippen LogP contribution in [0.15, 0.2) is 24.4 Å². The fourth-order valence-corrected chi connectivity index (χ4v) is 2.07. The van der Waals surface area contributed by atoms with Crippen LogP contribution in [0.1, 0.15) is 25.1 Å². The first-order valence-electron chi connectivity index (χ1n) is 6.50. The number of rotatable bonds is 4. The van der Waals surface area contributed by atoms with E-state index in [4.69, 9.17) is 0 Å². The highest BCUT2D eigenvalue weighted by atomic mass is 19.1. The molecule has 0 atom stereocenters. The van der Waals surface area contributed by atoms with Crippen molar-refractivity contribution in [3.8, 4) is 11.1 Å². The van der Waals surface area contributed by atoms with Crippen LogP contribution < -0.4 is 5.32 Å². The third kappa shape index (κ3) is 3.20. The number of aryl methyl sites for hydroxylation is 2. The fourth-order valence-electron chi connectivity index (χ4n) is 2.07. The SMILES string of the molecule is Cc1nn(C)cc1-c1ccc(CNC(C)C)cc1F. The minimum Gasteiger partial charge on any atom is -0.310 e. The normalized spacial score (nSPS) is 11.3. The molecule has 3 nitrogen and oxygen atoms in total. The van der Waals surface area contributed by atoms with E-state index >= 15 is 0 Å². The number of hydrogen-bond acceptors (Lipinski definition) is 2. The molecule has 0 bridgehead atoms. The summed E-state index contributed by atoms with van der Waals surface area (Å²) in [5.74, 6) is -0.195. The maximum absolute atomic E-state index is 14.2. The summed E-state index contributed by atoms with van der Waals surface area (Å²) >= 11 is 0. The van der Waals surface area contributed by atoms with Gasteiger partial charge in [-0.2, -0.15) is 5.10 Å². The molecule has 0 aliphatic rings. The van der Waals surface area contributed by atoms with Gasteiger partial charge in [0.1, 0.15) is 5.82 Å². The summed E-state index contributed by atoms with van der Waals surface area (Å²) < 4.78 is 15.9. The van der Waals surface area contributed by atoms with Gasteiger partial charge in [0, 0.05) is 37.0 Å². The third-order valence-electron chi connectivity index (χ3n) is 3.05. The minimum absolute atomic E-state index is 0.195. The first-order chi connectivity index (χ1) is 8.97. The lowest BCUT2D eigenvalue weighted by molar-refractivity contribution is 0.582. The Labute approximate surface area is 113 Å². The molecular weight excluding hydrogens is 241 g/mol. The van der Waals surface area contributed by atoms with Crippen LogP contribution in [-0.2, 0) is 13.6 Å². The summed E-state index contributed by atoms with van der Waals surface area (Å²) in [7, 11) is 1.84.